The summed E-state index contributed by atoms with van der Waals surface area (Å²) >= 11 is 0. The minimum Gasteiger partial charge on any atom is -0.481 e. The first-order valence-corrected chi connectivity index (χ1v) is 4.45. The molecule has 0 bridgehead atoms. The molecule has 3 N–H and O–H groups in total. The fourth-order valence-electron chi connectivity index (χ4n) is 0.876. The van der Waals surface area contributed by atoms with Gasteiger partial charge in [0.05, 0.1) is 5.69 Å². The summed E-state index contributed by atoms with van der Waals surface area (Å²) in [6.45, 7) is 1.32. The highest BCUT2D eigenvalue weighted by atomic mass is 16.4. The third-order valence-corrected chi connectivity index (χ3v) is 1.87. The summed E-state index contributed by atoms with van der Waals surface area (Å²) in [5, 5.41) is 8.56. The van der Waals surface area contributed by atoms with Crippen molar-refractivity contribution in [3.63, 3.8) is 0 Å². The smallest absolute Gasteiger partial charge is 0.315 e. The van der Waals surface area contributed by atoms with Gasteiger partial charge in [-0.05, 0) is 19.1 Å². The van der Waals surface area contributed by atoms with Crippen LogP contribution in [0.25, 0.3) is 0 Å². The SMILES string of the molecule is C[C@@H](C(=O)O)C(=O)NNc1ccccc1. The molecule has 1 aromatic rings. The van der Waals surface area contributed by atoms with E-state index in [0.717, 1.165) is 0 Å². The molecule has 0 aliphatic rings. The number of aliphatic carboxylic acids is 1. The maximum Gasteiger partial charge on any atom is 0.315 e. The second-order valence-corrected chi connectivity index (χ2v) is 3.04. The highest BCUT2D eigenvalue weighted by Crippen LogP contribution is 2.03. The van der Waals surface area contributed by atoms with Gasteiger partial charge in [-0.1, -0.05) is 18.2 Å². The number of carboxylic acids is 1. The normalized spacial score (nSPS) is 11.5. The Morgan fingerprint density at radius 2 is 1.87 bits per heavy atom. The van der Waals surface area contributed by atoms with Gasteiger partial charge in [0.25, 0.3) is 5.91 Å². The summed E-state index contributed by atoms with van der Waals surface area (Å²) in [6.07, 6.45) is 0. The summed E-state index contributed by atoms with van der Waals surface area (Å²) in [5.74, 6) is -2.80. The molecule has 80 valence electrons. The molecular formula is C10H12N2O3. The number of hydrogen-bond donors (Lipinski definition) is 3. The Balaban J connectivity index is 2.44. The zero-order valence-corrected chi connectivity index (χ0v) is 8.23. The van der Waals surface area contributed by atoms with Crippen molar-refractivity contribution in [2.75, 3.05) is 5.43 Å². The molecule has 5 nitrogen and oxygen atoms in total. The van der Waals surface area contributed by atoms with Crippen molar-refractivity contribution in [3.8, 4) is 0 Å². The van der Waals surface area contributed by atoms with Crippen molar-refractivity contribution in [1.29, 1.82) is 0 Å². The second-order valence-electron chi connectivity index (χ2n) is 3.04. The molecule has 1 aromatic carbocycles. The van der Waals surface area contributed by atoms with Gasteiger partial charge in [0.1, 0.15) is 5.92 Å². The highest BCUT2D eigenvalue weighted by Gasteiger charge is 2.19. The van der Waals surface area contributed by atoms with Crippen LogP contribution < -0.4 is 10.9 Å². The van der Waals surface area contributed by atoms with E-state index >= 15 is 0 Å². The Bertz CT molecular complexity index is 351. The molecular weight excluding hydrogens is 196 g/mol. The quantitative estimate of drug-likeness (QED) is 0.506. The van der Waals surface area contributed by atoms with E-state index in [1.54, 1.807) is 24.3 Å². The second kappa shape index (κ2) is 4.99. The number of hydrogen-bond acceptors (Lipinski definition) is 3. The average Bonchev–Trinajstić information content (AvgIpc) is 2.26. The monoisotopic (exact) mass is 208 g/mol. The number of amides is 1. The molecule has 0 fully saturated rings. The van der Waals surface area contributed by atoms with Gasteiger partial charge in [-0.3, -0.25) is 20.4 Å². The fraction of sp³-hybridized carbons (Fsp3) is 0.200. The molecule has 0 saturated heterocycles. The van der Waals surface area contributed by atoms with Gasteiger partial charge >= 0.3 is 5.97 Å². The largest absolute Gasteiger partial charge is 0.481 e. The number of para-hydroxylation sites is 1. The minimum atomic E-state index is -1.15. The van der Waals surface area contributed by atoms with Crippen LogP contribution in [0, 0.1) is 5.92 Å². The molecule has 0 aliphatic heterocycles. The van der Waals surface area contributed by atoms with Crippen LogP contribution in [0.4, 0.5) is 5.69 Å². The molecule has 15 heavy (non-hydrogen) atoms. The summed E-state index contributed by atoms with van der Waals surface area (Å²) in [6, 6.07) is 8.95. The van der Waals surface area contributed by atoms with Gasteiger partial charge in [-0.15, -0.1) is 0 Å². The number of hydrazine groups is 1. The van der Waals surface area contributed by atoms with Crippen molar-refractivity contribution in [1.82, 2.24) is 5.43 Å². The lowest BCUT2D eigenvalue weighted by molar-refractivity contribution is -0.145. The predicted molar refractivity (Wildman–Crippen MR) is 55.0 cm³/mol. The Labute approximate surface area is 87.1 Å². The lowest BCUT2D eigenvalue weighted by Gasteiger charge is -2.10. The van der Waals surface area contributed by atoms with Crippen LogP contribution in [-0.2, 0) is 9.59 Å². The Morgan fingerprint density at radius 3 is 2.40 bits per heavy atom. The summed E-state index contributed by atoms with van der Waals surface area (Å²) in [5.41, 5.74) is 5.63. The van der Waals surface area contributed by atoms with E-state index in [2.05, 4.69) is 10.9 Å². The highest BCUT2D eigenvalue weighted by molar-refractivity contribution is 5.96. The Hall–Kier alpha value is -2.04. The van der Waals surface area contributed by atoms with E-state index in [-0.39, 0.29) is 0 Å². The molecule has 1 atom stereocenters. The number of anilines is 1. The molecule has 0 aliphatic carbocycles. The molecule has 0 heterocycles. The first-order chi connectivity index (χ1) is 7.11. The van der Waals surface area contributed by atoms with E-state index in [9.17, 15) is 9.59 Å². The maximum absolute atomic E-state index is 11.2. The average molecular weight is 208 g/mol. The van der Waals surface area contributed by atoms with Crippen LogP contribution in [0.3, 0.4) is 0 Å². The van der Waals surface area contributed by atoms with Crippen LogP contribution in [0.2, 0.25) is 0 Å². The Morgan fingerprint density at radius 1 is 1.27 bits per heavy atom. The number of carbonyl (C=O) groups excluding carboxylic acids is 1. The van der Waals surface area contributed by atoms with Crippen LogP contribution in [0.15, 0.2) is 30.3 Å². The lowest BCUT2D eigenvalue weighted by atomic mass is 10.2. The van der Waals surface area contributed by atoms with E-state index in [1.165, 1.54) is 6.92 Å². The topological polar surface area (TPSA) is 78.4 Å². The first kappa shape index (κ1) is 11.0. The van der Waals surface area contributed by atoms with Crippen LogP contribution in [-0.4, -0.2) is 17.0 Å². The van der Waals surface area contributed by atoms with E-state index in [4.69, 9.17) is 5.11 Å². The third-order valence-electron chi connectivity index (χ3n) is 1.87. The molecule has 1 amide bonds. The standard InChI is InChI=1S/C10H12N2O3/c1-7(10(14)15)9(13)12-11-8-5-3-2-4-6-8/h2-7,11H,1H3,(H,12,13)(H,14,15)/t7-/m1/s1. The summed E-state index contributed by atoms with van der Waals surface area (Å²) in [4.78, 5) is 21.7. The van der Waals surface area contributed by atoms with Crippen molar-refractivity contribution in [2.24, 2.45) is 5.92 Å². The first-order valence-electron chi connectivity index (χ1n) is 4.45. The van der Waals surface area contributed by atoms with E-state index in [0.29, 0.717) is 5.69 Å². The zero-order chi connectivity index (χ0) is 11.3. The number of carbonyl (C=O) groups is 2. The van der Waals surface area contributed by atoms with Crippen LogP contribution in [0.1, 0.15) is 6.92 Å². The zero-order valence-electron chi connectivity index (χ0n) is 8.23. The number of nitrogens with one attached hydrogen (secondary N) is 2. The van der Waals surface area contributed by atoms with Gasteiger partial charge in [-0.25, -0.2) is 0 Å². The molecule has 1 rings (SSSR count). The number of benzene rings is 1. The van der Waals surface area contributed by atoms with Gasteiger partial charge in [-0.2, -0.15) is 0 Å². The molecule has 0 aromatic heterocycles. The predicted octanol–water partition coefficient (Wildman–Crippen LogP) is 0.850. The van der Waals surface area contributed by atoms with Crippen molar-refractivity contribution in [3.05, 3.63) is 30.3 Å². The molecule has 5 heteroatoms. The van der Waals surface area contributed by atoms with E-state index in [1.807, 2.05) is 6.07 Å². The molecule has 0 radical (unpaired) electrons. The van der Waals surface area contributed by atoms with Gasteiger partial charge in [0, 0.05) is 0 Å². The van der Waals surface area contributed by atoms with Crippen molar-refractivity contribution in [2.45, 2.75) is 6.92 Å². The minimum absolute atomic E-state index is 0.577. The van der Waals surface area contributed by atoms with E-state index < -0.39 is 17.8 Å². The molecule has 0 unspecified atom stereocenters. The van der Waals surface area contributed by atoms with Gasteiger partial charge < -0.3 is 5.11 Å². The Kier molecular flexibility index (Phi) is 3.68. The number of carboxylic acid groups (broad SMARTS) is 1. The van der Waals surface area contributed by atoms with Crippen LogP contribution in [0.5, 0.6) is 0 Å². The van der Waals surface area contributed by atoms with Crippen molar-refractivity contribution >= 4 is 17.6 Å². The maximum atomic E-state index is 11.2. The summed E-state index contributed by atoms with van der Waals surface area (Å²) in [7, 11) is 0. The lowest BCUT2D eigenvalue weighted by Crippen LogP contribution is -2.37. The molecule has 0 saturated carbocycles. The van der Waals surface area contributed by atoms with Gasteiger partial charge in [0.2, 0.25) is 0 Å². The molecule has 0 spiro atoms. The summed E-state index contributed by atoms with van der Waals surface area (Å²) < 4.78 is 0. The van der Waals surface area contributed by atoms with Gasteiger partial charge in [0.15, 0.2) is 0 Å². The third kappa shape index (κ3) is 3.30. The fourth-order valence-corrected chi connectivity index (χ4v) is 0.876. The van der Waals surface area contributed by atoms with Crippen molar-refractivity contribution < 1.29 is 14.7 Å². The number of rotatable bonds is 4. The van der Waals surface area contributed by atoms with Crippen LogP contribution >= 0.6 is 0 Å².